The van der Waals surface area contributed by atoms with Gasteiger partial charge in [0.2, 0.25) is 0 Å². The summed E-state index contributed by atoms with van der Waals surface area (Å²) in [6, 6.07) is 4.75. The molecule has 0 aromatic heterocycles. The number of hydrogen-bond donors (Lipinski definition) is 2. The fraction of sp³-hybridized carbons (Fsp3) is 0.480. The summed E-state index contributed by atoms with van der Waals surface area (Å²) in [5.74, 6) is -3.33. The van der Waals surface area contributed by atoms with E-state index in [1.54, 1.807) is 26.0 Å². The van der Waals surface area contributed by atoms with Crippen molar-refractivity contribution in [1.82, 2.24) is 5.32 Å². The van der Waals surface area contributed by atoms with Crippen LogP contribution in [0.4, 0.5) is 0 Å². The Balaban J connectivity index is 2.19. The Morgan fingerprint density at radius 1 is 1.24 bits per heavy atom. The molecule has 0 spiro atoms. The summed E-state index contributed by atoms with van der Waals surface area (Å²) in [6.45, 7) is 7.86. The van der Waals surface area contributed by atoms with E-state index in [0.29, 0.717) is 47.6 Å². The zero-order chi connectivity index (χ0) is 24.3. The van der Waals surface area contributed by atoms with Crippen LogP contribution in [0.2, 0.25) is 0 Å². The molecule has 2 N–H and O–H groups in total. The molecule has 0 bridgehead atoms. The van der Waals surface area contributed by atoms with Crippen LogP contribution >= 0.6 is 0 Å². The van der Waals surface area contributed by atoms with Crippen molar-refractivity contribution in [3.63, 3.8) is 0 Å². The summed E-state index contributed by atoms with van der Waals surface area (Å²) < 4.78 is 15.9. The van der Waals surface area contributed by atoms with Crippen LogP contribution in [-0.2, 0) is 23.9 Å². The predicted octanol–water partition coefficient (Wildman–Crippen LogP) is 3.36. The highest BCUT2D eigenvalue weighted by molar-refractivity contribution is 6.12. The molecule has 0 fully saturated rings. The second-order valence-electron chi connectivity index (χ2n) is 8.33. The number of Topliss-reactive ketones (excluding diaryl/α,β-unsaturated/α-hetero) is 1. The molecule has 178 valence electrons. The maximum absolute atomic E-state index is 13.7. The summed E-state index contributed by atoms with van der Waals surface area (Å²) in [4.78, 5) is 39.3. The molecular formula is C25H31NO7. The highest BCUT2D eigenvalue weighted by Gasteiger charge is 2.47. The number of allylic oxidation sites excluding steroid dienone is 3. The number of aromatic hydroxyl groups is 1. The minimum Gasteiger partial charge on any atom is -0.504 e. The first-order valence-electron chi connectivity index (χ1n) is 11.2. The Hall–Kier alpha value is -3.29. The Morgan fingerprint density at radius 3 is 2.61 bits per heavy atom. The van der Waals surface area contributed by atoms with E-state index in [9.17, 15) is 19.5 Å². The smallest absolute Gasteiger partial charge is 0.336 e. The first kappa shape index (κ1) is 24.4. The van der Waals surface area contributed by atoms with Gasteiger partial charge in [-0.3, -0.25) is 9.59 Å². The van der Waals surface area contributed by atoms with E-state index in [1.807, 2.05) is 13.8 Å². The van der Waals surface area contributed by atoms with Crippen LogP contribution in [0.15, 0.2) is 40.7 Å². The number of nitrogens with one attached hydrogen (secondary N) is 1. The number of esters is 2. The lowest BCUT2D eigenvalue weighted by Crippen LogP contribution is -2.43. The molecule has 3 rings (SSSR count). The van der Waals surface area contributed by atoms with E-state index >= 15 is 0 Å². The second kappa shape index (κ2) is 10.1. The van der Waals surface area contributed by atoms with Gasteiger partial charge in [-0.05, 0) is 50.3 Å². The molecule has 1 heterocycles. The summed E-state index contributed by atoms with van der Waals surface area (Å²) in [7, 11) is 1.26. The largest absolute Gasteiger partial charge is 0.504 e. The molecule has 1 aromatic rings. The van der Waals surface area contributed by atoms with Gasteiger partial charge in [0.15, 0.2) is 17.3 Å². The van der Waals surface area contributed by atoms with Gasteiger partial charge in [-0.2, -0.15) is 0 Å². The molecule has 3 atom stereocenters. The van der Waals surface area contributed by atoms with Gasteiger partial charge in [0, 0.05) is 22.9 Å². The van der Waals surface area contributed by atoms with Crippen molar-refractivity contribution in [3.05, 3.63) is 46.3 Å². The van der Waals surface area contributed by atoms with Crippen molar-refractivity contribution in [2.45, 2.75) is 46.5 Å². The van der Waals surface area contributed by atoms with Crippen molar-refractivity contribution < 1.29 is 33.7 Å². The Morgan fingerprint density at radius 2 is 1.97 bits per heavy atom. The normalized spacial score (nSPS) is 22.5. The number of ether oxygens (including phenoxy) is 3. The van der Waals surface area contributed by atoms with E-state index in [0.717, 1.165) is 0 Å². The maximum atomic E-state index is 13.7. The lowest BCUT2D eigenvalue weighted by Gasteiger charge is -2.38. The van der Waals surface area contributed by atoms with Crippen LogP contribution in [0.1, 0.15) is 52.0 Å². The minimum absolute atomic E-state index is 0.0458. The van der Waals surface area contributed by atoms with E-state index in [4.69, 9.17) is 14.2 Å². The molecule has 0 unspecified atom stereocenters. The van der Waals surface area contributed by atoms with Gasteiger partial charge in [-0.15, -0.1) is 0 Å². The van der Waals surface area contributed by atoms with Gasteiger partial charge >= 0.3 is 11.9 Å². The van der Waals surface area contributed by atoms with Gasteiger partial charge in [-0.1, -0.05) is 19.9 Å². The second-order valence-corrected chi connectivity index (χ2v) is 8.33. The first-order chi connectivity index (χ1) is 15.7. The van der Waals surface area contributed by atoms with Crippen molar-refractivity contribution in [2.75, 3.05) is 20.3 Å². The standard InChI is InChI=1S/C25H31NO7/c1-6-10-33-25(30)20-14(4)26-16-11-13(3)19(24(29)31-5)23(28)22(16)21(20)15-8-9-17(27)18(12-15)32-7-2/h8-9,12-13,19,21,26-27H,6-7,10-11H2,1-5H3/t13-,19-,21+/m1/s1. The van der Waals surface area contributed by atoms with Crippen molar-refractivity contribution >= 4 is 17.7 Å². The summed E-state index contributed by atoms with van der Waals surface area (Å²) in [5.41, 5.74) is 2.47. The molecular weight excluding hydrogens is 426 g/mol. The monoisotopic (exact) mass is 457 g/mol. The Bertz CT molecular complexity index is 1020. The molecule has 1 aliphatic heterocycles. The average molecular weight is 458 g/mol. The number of methoxy groups -OCH3 is 1. The number of rotatable bonds is 7. The van der Waals surface area contributed by atoms with Crippen LogP contribution in [0.25, 0.3) is 0 Å². The molecule has 8 heteroatoms. The fourth-order valence-corrected chi connectivity index (χ4v) is 4.54. The minimum atomic E-state index is -0.965. The van der Waals surface area contributed by atoms with Crippen LogP contribution in [0.5, 0.6) is 11.5 Å². The third-order valence-corrected chi connectivity index (χ3v) is 6.02. The Labute approximate surface area is 193 Å². The van der Waals surface area contributed by atoms with E-state index < -0.39 is 23.8 Å². The van der Waals surface area contributed by atoms with Crippen LogP contribution in [-0.4, -0.2) is 43.2 Å². The summed E-state index contributed by atoms with van der Waals surface area (Å²) in [5, 5.41) is 13.4. The van der Waals surface area contributed by atoms with Crippen molar-refractivity contribution in [3.8, 4) is 11.5 Å². The number of dihydropyridines is 1. The zero-order valence-electron chi connectivity index (χ0n) is 19.7. The van der Waals surface area contributed by atoms with Crippen LogP contribution < -0.4 is 10.1 Å². The third kappa shape index (κ3) is 4.60. The van der Waals surface area contributed by atoms with E-state index in [1.165, 1.54) is 13.2 Å². The van der Waals surface area contributed by atoms with Crippen molar-refractivity contribution in [1.29, 1.82) is 0 Å². The summed E-state index contributed by atoms with van der Waals surface area (Å²) >= 11 is 0. The van der Waals surface area contributed by atoms with Crippen molar-refractivity contribution in [2.24, 2.45) is 11.8 Å². The molecule has 0 radical (unpaired) electrons. The number of carbonyl (C=O) groups excluding carboxylic acids is 3. The van der Waals surface area contributed by atoms with E-state index in [-0.39, 0.29) is 29.8 Å². The van der Waals surface area contributed by atoms with Gasteiger partial charge < -0.3 is 24.6 Å². The molecule has 1 aromatic carbocycles. The number of carbonyl (C=O) groups is 3. The van der Waals surface area contributed by atoms with Gasteiger partial charge in [0.05, 0.1) is 25.9 Å². The zero-order valence-corrected chi connectivity index (χ0v) is 19.7. The SMILES string of the molecule is CCCOC(=O)C1=C(C)NC2=C(C(=O)[C@H](C(=O)OC)[C@H](C)C2)[C@H]1c1ccc(O)c(OCC)c1. The topological polar surface area (TPSA) is 111 Å². The molecule has 0 amide bonds. The molecule has 33 heavy (non-hydrogen) atoms. The molecule has 0 saturated carbocycles. The summed E-state index contributed by atoms with van der Waals surface area (Å²) in [6.07, 6.45) is 1.10. The number of ketones is 1. The number of benzene rings is 1. The quantitative estimate of drug-likeness (QED) is 0.474. The highest BCUT2D eigenvalue weighted by atomic mass is 16.5. The first-order valence-corrected chi connectivity index (χ1v) is 11.2. The van der Waals surface area contributed by atoms with Crippen LogP contribution in [0, 0.1) is 11.8 Å². The van der Waals surface area contributed by atoms with E-state index in [2.05, 4.69) is 5.32 Å². The number of phenolic OH excluding ortho intramolecular Hbond substituents is 1. The van der Waals surface area contributed by atoms with Gasteiger partial charge in [-0.25, -0.2) is 4.79 Å². The predicted molar refractivity (Wildman–Crippen MR) is 120 cm³/mol. The van der Waals surface area contributed by atoms with Gasteiger partial charge in [0.25, 0.3) is 0 Å². The molecule has 8 nitrogen and oxygen atoms in total. The third-order valence-electron chi connectivity index (χ3n) is 6.02. The lowest BCUT2D eigenvalue weighted by atomic mass is 9.69. The Kier molecular flexibility index (Phi) is 7.46. The maximum Gasteiger partial charge on any atom is 0.336 e. The van der Waals surface area contributed by atoms with Gasteiger partial charge in [0.1, 0.15) is 5.92 Å². The fourth-order valence-electron chi connectivity index (χ4n) is 4.54. The molecule has 1 aliphatic carbocycles. The number of phenols is 1. The molecule has 2 aliphatic rings. The molecule has 0 saturated heterocycles. The lowest BCUT2D eigenvalue weighted by molar-refractivity contribution is -0.151. The number of hydrogen-bond acceptors (Lipinski definition) is 8. The van der Waals surface area contributed by atoms with Crippen LogP contribution in [0.3, 0.4) is 0 Å². The highest BCUT2D eigenvalue weighted by Crippen LogP contribution is 2.46. The average Bonchev–Trinajstić information content (AvgIpc) is 2.78.